The van der Waals surface area contributed by atoms with E-state index in [-0.39, 0.29) is 23.3 Å². The third-order valence-corrected chi connectivity index (χ3v) is 6.20. The zero-order chi connectivity index (χ0) is 20.5. The van der Waals surface area contributed by atoms with Gasteiger partial charge in [0.25, 0.3) is 0 Å². The number of ether oxygens (including phenoxy) is 1. The summed E-state index contributed by atoms with van der Waals surface area (Å²) >= 11 is 0. The maximum absolute atomic E-state index is 12.9. The minimum atomic E-state index is -3.76. The molecule has 28 heavy (non-hydrogen) atoms. The molecular formula is C21H23NO5S. The Morgan fingerprint density at radius 3 is 2.57 bits per heavy atom. The van der Waals surface area contributed by atoms with Gasteiger partial charge in [-0.1, -0.05) is 24.3 Å². The third-order valence-electron chi connectivity index (χ3n) is 4.67. The largest absolute Gasteiger partial charge is 0.460 e. The third kappa shape index (κ3) is 3.81. The number of aryl methyl sites for hydroxylation is 2. The molecule has 2 aromatic carbocycles. The van der Waals surface area contributed by atoms with Gasteiger partial charge in [-0.05, 0) is 57.0 Å². The number of carbonyl (C=O) groups is 1. The van der Waals surface area contributed by atoms with Gasteiger partial charge in [-0.15, -0.1) is 0 Å². The summed E-state index contributed by atoms with van der Waals surface area (Å²) < 4.78 is 39.0. The second-order valence-corrected chi connectivity index (χ2v) is 8.35. The van der Waals surface area contributed by atoms with Gasteiger partial charge in [-0.3, -0.25) is 0 Å². The van der Waals surface area contributed by atoms with E-state index in [1.807, 2.05) is 31.2 Å². The highest BCUT2D eigenvalue weighted by Gasteiger charge is 2.23. The Kier molecular flexibility index (Phi) is 5.58. The first kappa shape index (κ1) is 20.1. The molecule has 3 aromatic rings. The number of sulfonamides is 1. The highest BCUT2D eigenvalue weighted by molar-refractivity contribution is 7.89. The van der Waals surface area contributed by atoms with Crippen molar-refractivity contribution in [2.45, 2.75) is 38.6 Å². The predicted octanol–water partition coefficient (Wildman–Crippen LogP) is 4.27. The summed E-state index contributed by atoms with van der Waals surface area (Å²) in [6.45, 7) is 7.40. The summed E-state index contributed by atoms with van der Waals surface area (Å²) in [7, 11) is -3.76. The van der Waals surface area contributed by atoms with Crippen molar-refractivity contribution < 1.29 is 22.4 Å². The molecule has 0 aliphatic rings. The molecular weight excluding hydrogens is 378 g/mol. The van der Waals surface area contributed by atoms with Crippen LogP contribution in [0.1, 0.15) is 47.1 Å². The van der Waals surface area contributed by atoms with E-state index in [2.05, 4.69) is 4.72 Å². The number of furan rings is 1. The fourth-order valence-corrected chi connectivity index (χ4v) is 4.44. The standard InChI is InChI=1S/C21H23NO5S/c1-5-26-21(23)20-14(3)18-12-16(10-11-19(18)27-20)28(24,25)22-15(4)17-9-7-6-8-13(17)2/h6-12,15,22H,5H2,1-4H3. The van der Waals surface area contributed by atoms with Gasteiger partial charge in [0.1, 0.15) is 5.58 Å². The van der Waals surface area contributed by atoms with Crippen molar-refractivity contribution in [2.24, 2.45) is 0 Å². The summed E-state index contributed by atoms with van der Waals surface area (Å²) in [5.74, 6) is -0.473. The summed E-state index contributed by atoms with van der Waals surface area (Å²) in [5.41, 5.74) is 2.91. The monoisotopic (exact) mass is 401 g/mol. The molecule has 0 saturated heterocycles. The van der Waals surface area contributed by atoms with Crippen LogP contribution in [0, 0.1) is 13.8 Å². The minimum absolute atomic E-state index is 0.0904. The van der Waals surface area contributed by atoms with E-state index in [0.717, 1.165) is 11.1 Å². The smallest absolute Gasteiger partial charge is 0.374 e. The van der Waals surface area contributed by atoms with Crippen LogP contribution in [0.5, 0.6) is 0 Å². The van der Waals surface area contributed by atoms with Gasteiger partial charge < -0.3 is 9.15 Å². The fraction of sp³-hybridized carbons (Fsp3) is 0.286. The van der Waals surface area contributed by atoms with Gasteiger partial charge in [0, 0.05) is 17.0 Å². The molecule has 0 fully saturated rings. The number of hydrogen-bond acceptors (Lipinski definition) is 5. The number of rotatable bonds is 6. The zero-order valence-electron chi connectivity index (χ0n) is 16.3. The summed E-state index contributed by atoms with van der Waals surface area (Å²) in [6, 6.07) is 11.8. The molecule has 1 aromatic heterocycles. The van der Waals surface area contributed by atoms with Gasteiger partial charge >= 0.3 is 5.97 Å². The molecule has 148 valence electrons. The molecule has 0 saturated carbocycles. The average Bonchev–Trinajstić information content (AvgIpc) is 2.98. The normalized spacial score (nSPS) is 12.9. The molecule has 3 rings (SSSR count). The lowest BCUT2D eigenvalue weighted by atomic mass is 10.0. The Bertz CT molecular complexity index is 1130. The Labute approximate surface area is 164 Å². The molecule has 1 unspecified atom stereocenters. The van der Waals surface area contributed by atoms with Crippen LogP contribution < -0.4 is 4.72 Å². The van der Waals surface area contributed by atoms with Crippen molar-refractivity contribution in [3.05, 3.63) is 64.9 Å². The lowest BCUT2D eigenvalue weighted by molar-refractivity contribution is 0.0491. The first-order valence-electron chi connectivity index (χ1n) is 9.02. The van der Waals surface area contributed by atoms with Crippen LogP contribution in [0.4, 0.5) is 0 Å². The Hall–Kier alpha value is -2.64. The fourth-order valence-electron chi connectivity index (χ4n) is 3.20. The quantitative estimate of drug-likeness (QED) is 0.624. The first-order chi connectivity index (χ1) is 13.2. The number of carbonyl (C=O) groups excluding carboxylic acids is 1. The van der Waals surface area contributed by atoms with E-state index in [4.69, 9.17) is 9.15 Å². The van der Waals surface area contributed by atoms with E-state index in [9.17, 15) is 13.2 Å². The molecule has 0 spiro atoms. The van der Waals surface area contributed by atoms with E-state index >= 15 is 0 Å². The van der Waals surface area contributed by atoms with Gasteiger partial charge in [-0.25, -0.2) is 17.9 Å². The molecule has 0 aliphatic heterocycles. The van der Waals surface area contributed by atoms with E-state index in [1.165, 1.54) is 12.1 Å². The Morgan fingerprint density at radius 2 is 1.89 bits per heavy atom. The van der Waals surface area contributed by atoms with Crippen LogP contribution in [-0.2, 0) is 14.8 Å². The van der Waals surface area contributed by atoms with Crippen LogP contribution in [0.15, 0.2) is 51.8 Å². The lowest BCUT2D eigenvalue weighted by Gasteiger charge is -2.16. The maximum atomic E-state index is 12.9. The summed E-state index contributed by atoms with van der Waals surface area (Å²) in [4.78, 5) is 12.1. The number of nitrogens with one attached hydrogen (secondary N) is 1. The second kappa shape index (κ2) is 7.77. The van der Waals surface area contributed by atoms with Gasteiger partial charge in [0.2, 0.25) is 15.8 Å². The second-order valence-electron chi connectivity index (χ2n) is 6.63. The van der Waals surface area contributed by atoms with Crippen LogP contribution in [0.25, 0.3) is 11.0 Å². The summed E-state index contributed by atoms with van der Waals surface area (Å²) in [5, 5.41) is 0.564. The van der Waals surface area contributed by atoms with E-state index in [1.54, 1.807) is 26.8 Å². The van der Waals surface area contributed by atoms with Gasteiger partial charge in [0.15, 0.2) is 0 Å². The van der Waals surface area contributed by atoms with Crippen molar-refractivity contribution in [1.29, 1.82) is 0 Å². The van der Waals surface area contributed by atoms with Gasteiger partial charge in [-0.2, -0.15) is 0 Å². The minimum Gasteiger partial charge on any atom is -0.460 e. The van der Waals surface area contributed by atoms with Crippen molar-refractivity contribution in [3.63, 3.8) is 0 Å². The topological polar surface area (TPSA) is 85.6 Å². The molecule has 6 nitrogen and oxygen atoms in total. The summed E-state index contributed by atoms with van der Waals surface area (Å²) in [6.07, 6.45) is 0. The highest BCUT2D eigenvalue weighted by atomic mass is 32.2. The molecule has 7 heteroatoms. The number of benzene rings is 2. The Balaban J connectivity index is 1.95. The predicted molar refractivity (Wildman–Crippen MR) is 107 cm³/mol. The van der Waals surface area contributed by atoms with Crippen LogP contribution >= 0.6 is 0 Å². The lowest BCUT2D eigenvalue weighted by Crippen LogP contribution is -2.27. The zero-order valence-corrected chi connectivity index (χ0v) is 17.1. The van der Waals surface area contributed by atoms with Crippen molar-refractivity contribution in [2.75, 3.05) is 6.61 Å². The maximum Gasteiger partial charge on any atom is 0.374 e. The number of fused-ring (bicyclic) bond motifs is 1. The molecule has 0 bridgehead atoms. The molecule has 1 N–H and O–H groups in total. The molecule has 0 amide bonds. The van der Waals surface area contributed by atoms with E-state index in [0.29, 0.717) is 16.5 Å². The van der Waals surface area contributed by atoms with Crippen LogP contribution in [0.3, 0.4) is 0 Å². The average molecular weight is 401 g/mol. The Morgan fingerprint density at radius 1 is 1.18 bits per heavy atom. The van der Waals surface area contributed by atoms with Gasteiger partial charge in [0.05, 0.1) is 11.5 Å². The molecule has 1 heterocycles. The molecule has 0 radical (unpaired) electrons. The highest BCUT2D eigenvalue weighted by Crippen LogP contribution is 2.29. The number of hydrogen-bond donors (Lipinski definition) is 1. The van der Waals surface area contributed by atoms with Crippen molar-refractivity contribution in [3.8, 4) is 0 Å². The molecule has 1 atom stereocenters. The first-order valence-corrected chi connectivity index (χ1v) is 10.5. The SMILES string of the molecule is CCOC(=O)c1oc2ccc(S(=O)(=O)NC(C)c3ccccc3C)cc2c1C. The van der Waals surface area contributed by atoms with E-state index < -0.39 is 16.0 Å². The van der Waals surface area contributed by atoms with Crippen molar-refractivity contribution in [1.82, 2.24) is 4.72 Å². The molecule has 0 aliphatic carbocycles. The number of esters is 1. The van der Waals surface area contributed by atoms with Crippen LogP contribution in [-0.4, -0.2) is 21.0 Å². The van der Waals surface area contributed by atoms with Crippen molar-refractivity contribution >= 4 is 27.0 Å². The van der Waals surface area contributed by atoms with Crippen LogP contribution in [0.2, 0.25) is 0 Å².